The minimum Gasteiger partial charge on any atom is -0.369 e. The van der Waals surface area contributed by atoms with E-state index in [4.69, 9.17) is 9.72 Å². The average Bonchev–Trinajstić information content (AvgIpc) is 3.76. The van der Waals surface area contributed by atoms with Crippen molar-refractivity contribution in [3.05, 3.63) is 66.5 Å². The number of ether oxygens (including phenoxy) is 1. The number of fused-ring (bicyclic) bond motifs is 5. The van der Waals surface area contributed by atoms with Crippen LogP contribution in [-0.2, 0) is 38.1 Å². The van der Waals surface area contributed by atoms with Gasteiger partial charge in [0.15, 0.2) is 0 Å². The molecule has 1 N–H and O–H groups in total. The molecule has 39 heavy (non-hydrogen) atoms. The van der Waals surface area contributed by atoms with Gasteiger partial charge >= 0.3 is 0 Å². The Labute approximate surface area is 224 Å². The van der Waals surface area contributed by atoms with Crippen molar-refractivity contribution in [2.45, 2.75) is 25.0 Å². The van der Waals surface area contributed by atoms with Crippen molar-refractivity contribution < 1.29 is 4.74 Å². The predicted molar refractivity (Wildman–Crippen MR) is 149 cm³/mol. The maximum absolute atomic E-state index is 6.70. The van der Waals surface area contributed by atoms with E-state index in [-0.39, 0.29) is 5.60 Å². The standard InChI is InChI=1S/C29H29N9O/c1-35-15-20(13-31-35)27-24(18-4-5-23-19(10-18)12-33-37(23)3)25-26-21(11-30-28(25)34-27)17-39-29(26)6-8-38(9-7-29)22-14-32-36(2)16-22/h4-5,10-16H,6-9,17H2,1-3H3,(H,30,34). The molecule has 10 nitrogen and oxygen atoms in total. The van der Waals surface area contributed by atoms with E-state index in [2.05, 4.69) is 55.8 Å². The number of hydrogen-bond acceptors (Lipinski definition) is 6. The highest BCUT2D eigenvalue weighted by molar-refractivity contribution is 6.06. The fourth-order valence-corrected chi connectivity index (χ4v) is 6.58. The molecule has 196 valence electrons. The van der Waals surface area contributed by atoms with Crippen molar-refractivity contribution in [2.24, 2.45) is 21.1 Å². The molecule has 2 aliphatic heterocycles. The van der Waals surface area contributed by atoms with Gasteiger partial charge < -0.3 is 14.6 Å². The summed E-state index contributed by atoms with van der Waals surface area (Å²) in [6.45, 7) is 2.40. The Balaban J connectivity index is 1.32. The van der Waals surface area contributed by atoms with Crippen LogP contribution in [0.3, 0.4) is 0 Å². The second kappa shape index (κ2) is 8.03. The van der Waals surface area contributed by atoms with Crippen molar-refractivity contribution >= 4 is 27.6 Å². The molecule has 0 radical (unpaired) electrons. The number of nitrogens with zero attached hydrogens (tertiary/aromatic N) is 8. The van der Waals surface area contributed by atoms with E-state index in [9.17, 15) is 0 Å². The lowest BCUT2D eigenvalue weighted by molar-refractivity contribution is -0.0543. The SMILES string of the molecule is Cn1cc(-c2[nH]c3ncc4c(c3c2-c2ccc3c(cnn3C)c2)C2(CCN(c3cnn(C)c3)CC2)OC4)cn1. The summed E-state index contributed by atoms with van der Waals surface area (Å²) in [6, 6.07) is 6.58. The summed E-state index contributed by atoms with van der Waals surface area (Å²) in [5.41, 5.74) is 9.60. The van der Waals surface area contributed by atoms with Gasteiger partial charge in [0.05, 0.1) is 47.7 Å². The Morgan fingerprint density at radius 3 is 2.49 bits per heavy atom. The van der Waals surface area contributed by atoms with Gasteiger partial charge in [-0.15, -0.1) is 0 Å². The Bertz CT molecular complexity index is 1880. The van der Waals surface area contributed by atoms with Crippen LogP contribution in [0.15, 0.2) is 55.4 Å². The highest BCUT2D eigenvalue weighted by atomic mass is 16.5. The van der Waals surface area contributed by atoms with Crippen molar-refractivity contribution in [2.75, 3.05) is 18.0 Å². The van der Waals surface area contributed by atoms with E-state index in [0.29, 0.717) is 6.61 Å². The van der Waals surface area contributed by atoms with Gasteiger partial charge in [-0.3, -0.25) is 14.0 Å². The second-order valence-corrected chi connectivity index (χ2v) is 10.8. The second-order valence-electron chi connectivity index (χ2n) is 10.8. The number of anilines is 1. The number of benzene rings is 1. The third kappa shape index (κ3) is 3.31. The largest absolute Gasteiger partial charge is 0.369 e. The molecule has 2 aliphatic rings. The van der Waals surface area contributed by atoms with E-state index in [0.717, 1.165) is 75.9 Å². The van der Waals surface area contributed by atoms with E-state index < -0.39 is 0 Å². The first-order valence-corrected chi connectivity index (χ1v) is 13.3. The molecule has 0 atom stereocenters. The molecule has 0 aliphatic carbocycles. The van der Waals surface area contributed by atoms with Gasteiger partial charge in [-0.1, -0.05) is 6.07 Å². The molecular formula is C29H29N9O. The number of H-pyrrole nitrogens is 1. The molecular weight excluding hydrogens is 490 g/mol. The molecule has 5 aromatic heterocycles. The van der Waals surface area contributed by atoms with Gasteiger partial charge in [0.2, 0.25) is 0 Å². The smallest absolute Gasteiger partial charge is 0.138 e. The molecule has 8 rings (SSSR count). The molecule has 0 unspecified atom stereocenters. The molecule has 1 fully saturated rings. The Hall–Kier alpha value is -4.44. The van der Waals surface area contributed by atoms with E-state index in [1.807, 2.05) is 60.0 Å². The molecule has 0 amide bonds. The number of aryl methyl sites for hydroxylation is 3. The van der Waals surface area contributed by atoms with Crippen LogP contribution in [0.25, 0.3) is 44.3 Å². The van der Waals surface area contributed by atoms with Gasteiger partial charge in [0.25, 0.3) is 0 Å². The number of nitrogens with one attached hydrogen (secondary N) is 1. The molecule has 1 saturated heterocycles. The summed E-state index contributed by atoms with van der Waals surface area (Å²) >= 11 is 0. The number of aromatic amines is 1. The van der Waals surface area contributed by atoms with Gasteiger partial charge in [0.1, 0.15) is 5.65 Å². The van der Waals surface area contributed by atoms with Crippen LogP contribution >= 0.6 is 0 Å². The molecule has 0 saturated carbocycles. The lowest BCUT2D eigenvalue weighted by atomic mass is 9.81. The first-order valence-electron chi connectivity index (χ1n) is 13.3. The predicted octanol–water partition coefficient (Wildman–Crippen LogP) is 4.28. The van der Waals surface area contributed by atoms with E-state index in [1.54, 1.807) is 0 Å². The Kier molecular flexibility index (Phi) is 4.64. The zero-order chi connectivity index (χ0) is 26.3. The minimum absolute atomic E-state index is 0.350. The lowest BCUT2D eigenvalue weighted by Crippen LogP contribution is -2.42. The van der Waals surface area contributed by atoms with Crippen LogP contribution in [0.4, 0.5) is 5.69 Å². The van der Waals surface area contributed by atoms with Crippen LogP contribution in [0.5, 0.6) is 0 Å². The Morgan fingerprint density at radius 2 is 1.72 bits per heavy atom. The number of pyridine rings is 1. The minimum atomic E-state index is -0.350. The number of aromatic nitrogens is 8. The van der Waals surface area contributed by atoms with E-state index >= 15 is 0 Å². The topological polar surface area (TPSA) is 94.6 Å². The maximum Gasteiger partial charge on any atom is 0.138 e. The molecule has 10 heteroatoms. The molecule has 7 heterocycles. The van der Waals surface area contributed by atoms with Crippen LogP contribution in [-0.4, -0.2) is 52.4 Å². The van der Waals surface area contributed by atoms with Crippen molar-refractivity contribution in [1.82, 2.24) is 39.3 Å². The molecule has 1 spiro atoms. The van der Waals surface area contributed by atoms with Crippen LogP contribution in [0.2, 0.25) is 0 Å². The fraction of sp³-hybridized carbons (Fsp3) is 0.310. The summed E-state index contributed by atoms with van der Waals surface area (Å²) in [7, 11) is 5.89. The molecule has 0 bridgehead atoms. The fourth-order valence-electron chi connectivity index (χ4n) is 6.58. The van der Waals surface area contributed by atoms with E-state index in [1.165, 1.54) is 11.1 Å². The van der Waals surface area contributed by atoms with Gasteiger partial charge in [0, 0.05) is 85.8 Å². The van der Waals surface area contributed by atoms with Crippen molar-refractivity contribution in [3.63, 3.8) is 0 Å². The highest BCUT2D eigenvalue weighted by Crippen LogP contribution is 2.51. The first kappa shape index (κ1) is 22.5. The quantitative estimate of drug-likeness (QED) is 0.375. The van der Waals surface area contributed by atoms with Gasteiger partial charge in [-0.05, 0) is 30.5 Å². The van der Waals surface area contributed by atoms with Gasteiger partial charge in [-0.2, -0.15) is 15.3 Å². The maximum atomic E-state index is 6.70. The van der Waals surface area contributed by atoms with Crippen LogP contribution in [0.1, 0.15) is 24.0 Å². The number of hydrogen-bond donors (Lipinski definition) is 1. The summed E-state index contributed by atoms with van der Waals surface area (Å²) < 4.78 is 12.3. The number of rotatable bonds is 3. The summed E-state index contributed by atoms with van der Waals surface area (Å²) in [5, 5.41) is 15.6. The summed E-state index contributed by atoms with van der Waals surface area (Å²) in [5.74, 6) is 0. The monoisotopic (exact) mass is 519 g/mol. The Morgan fingerprint density at radius 1 is 0.897 bits per heavy atom. The molecule has 6 aromatic rings. The van der Waals surface area contributed by atoms with Crippen molar-refractivity contribution in [1.29, 1.82) is 0 Å². The first-order chi connectivity index (χ1) is 19.0. The lowest BCUT2D eigenvalue weighted by Gasteiger charge is -2.40. The average molecular weight is 520 g/mol. The van der Waals surface area contributed by atoms with Crippen LogP contribution in [0, 0.1) is 0 Å². The van der Waals surface area contributed by atoms with Crippen molar-refractivity contribution in [3.8, 4) is 22.4 Å². The van der Waals surface area contributed by atoms with Crippen LogP contribution < -0.4 is 4.90 Å². The number of piperidine rings is 1. The summed E-state index contributed by atoms with van der Waals surface area (Å²) in [6.07, 6.45) is 13.7. The third-order valence-corrected chi connectivity index (χ3v) is 8.52. The highest BCUT2D eigenvalue weighted by Gasteiger charge is 2.45. The summed E-state index contributed by atoms with van der Waals surface area (Å²) in [4.78, 5) is 11.0. The third-order valence-electron chi connectivity index (χ3n) is 8.52. The zero-order valence-corrected chi connectivity index (χ0v) is 22.2. The normalized spacial score (nSPS) is 16.6. The zero-order valence-electron chi connectivity index (χ0n) is 22.2. The van der Waals surface area contributed by atoms with Gasteiger partial charge in [-0.25, -0.2) is 4.98 Å². The molecule has 1 aromatic carbocycles.